The van der Waals surface area contributed by atoms with Crippen molar-refractivity contribution in [3.05, 3.63) is 29.0 Å². The highest BCUT2D eigenvalue weighted by Crippen LogP contribution is 2.21. The maximum atomic E-state index is 13.4. The second kappa shape index (κ2) is 5.42. The molecule has 0 aliphatic carbocycles. The summed E-state index contributed by atoms with van der Waals surface area (Å²) in [6.07, 6.45) is 1.78. The molecular formula is C11H14ClFN2O2S. The molecule has 1 aliphatic heterocycles. The molecule has 1 saturated heterocycles. The number of rotatable bonds is 4. The fourth-order valence-corrected chi connectivity index (χ4v) is 3.51. The second-order valence-electron chi connectivity index (χ2n) is 4.30. The van der Waals surface area contributed by atoms with Gasteiger partial charge in [0.25, 0.3) is 0 Å². The average molecular weight is 293 g/mol. The average Bonchev–Trinajstić information content (AvgIpc) is 2.75. The number of benzene rings is 1. The first-order valence-corrected chi connectivity index (χ1v) is 7.68. The Morgan fingerprint density at radius 2 is 2.28 bits per heavy atom. The van der Waals surface area contributed by atoms with E-state index in [-0.39, 0.29) is 22.5 Å². The summed E-state index contributed by atoms with van der Waals surface area (Å²) < 4.78 is 39.4. The lowest BCUT2D eigenvalue weighted by molar-refractivity contribution is 0.580. The predicted octanol–water partition coefficient (Wildman–Crippen LogP) is 1.97. The van der Waals surface area contributed by atoms with Gasteiger partial charge < -0.3 is 5.32 Å². The van der Waals surface area contributed by atoms with Crippen LogP contribution < -0.4 is 10.0 Å². The summed E-state index contributed by atoms with van der Waals surface area (Å²) in [4.78, 5) is 0. The fourth-order valence-electron chi connectivity index (χ4n) is 1.95. The Hall–Kier alpha value is -0.850. The predicted molar refractivity (Wildman–Crippen MR) is 69.8 cm³/mol. The van der Waals surface area contributed by atoms with E-state index in [1.54, 1.807) is 0 Å². The van der Waals surface area contributed by atoms with Crippen LogP contribution in [-0.4, -0.2) is 26.8 Å². The van der Waals surface area contributed by atoms with Crippen molar-refractivity contribution >= 4 is 27.3 Å². The van der Waals surface area contributed by atoms with Crippen LogP contribution in [0.25, 0.3) is 0 Å². The van der Waals surface area contributed by atoms with Crippen LogP contribution in [0.15, 0.2) is 18.2 Å². The highest BCUT2D eigenvalue weighted by atomic mass is 35.5. The van der Waals surface area contributed by atoms with Gasteiger partial charge in [0.1, 0.15) is 5.82 Å². The van der Waals surface area contributed by atoms with Crippen molar-refractivity contribution in [3.8, 4) is 0 Å². The van der Waals surface area contributed by atoms with Crippen LogP contribution in [0.4, 0.5) is 10.1 Å². The molecule has 1 atom stereocenters. The Labute approximate surface area is 111 Å². The van der Waals surface area contributed by atoms with Gasteiger partial charge in [0, 0.05) is 11.1 Å². The second-order valence-corrected chi connectivity index (χ2v) is 6.50. The molecule has 4 nitrogen and oxygen atoms in total. The van der Waals surface area contributed by atoms with Crippen LogP contribution in [0.2, 0.25) is 5.02 Å². The summed E-state index contributed by atoms with van der Waals surface area (Å²) in [5, 5.41) is 3.37. The Morgan fingerprint density at radius 3 is 2.94 bits per heavy atom. The lowest BCUT2D eigenvalue weighted by Crippen LogP contribution is -2.33. The number of hydrogen-bond acceptors (Lipinski definition) is 3. The minimum absolute atomic E-state index is 0.0566. The van der Waals surface area contributed by atoms with Gasteiger partial charge in [-0.1, -0.05) is 11.6 Å². The normalized spacial score (nSPS) is 20.0. The van der Waals surface area contributed by atoms with Crippen molar-refractivity contribution in [2.75, 3.05) is 17.0 Å². The Balaban J connectivity index is 2.09. The maximum Gasteiger partial charge on any atom is 0.234 e. The zero-order valence-corrected chi connectivity index (χ0v) is 11.2. The molecule has 18 heavy (non-hydrogen) atoms. The third-order valence-electron chi connectivity index (χ3n) is 2.78. The molecule has 0 amide bonds. The van der Waals surface area contributed by atoms with Crippen molar-refractivity contribution < 1.29 is 12.8 Å². The van der Waals surface area contributed by atoms with Crippen molar-refractivity contribution in [1.82, 2.24) is 5.32 Å². The Bertz CT molecular complexity index is 530. The lowest BCUT2D eigenvalue weighted by atomic mass is 10.3. The number of halogens is 2. The molecule has 0 saturated carbocycles. The van der Waals surface area contributed by atoms with E-state index in [0.29, 0.717) is 0 Å². The molecule has 1 aromatic carbocycles. The summed E-state index contributed by atoms with van der Waals surface area (Å²) in [7, 11) is -3.57. The van der Waals surface area contributed by atoms with Crippen LogP contribution in [0.1, 0.15) is 12.8 Å². The standard InChI is InChI=1S/C11H14ClFN2O2S/c12-8-3-4-10(13)11(6-8)15-18(16,17)7-9-2-1-5-14-9/h3-4,6,9,14-15H,1-2,5,7H2. The summed E-state index contributed by atoms with van der Waals surface area (Å²) in [6.45, 7) is 0.825. The van der Waals surface area contributed by atoms with E-state index < -0.39 is 15.8 Å². The topological polar surface area (TPSA) is 58.2 Å². The minimum Gasteiger partial charge on any atom is -0.313 e. The molecule has 0 radical (unpaired) electrons. The highest BCUT2D eigenvalue weighted by Gasteiger charge is 2.22. The molecule has 2 N–H and O–H groups in total. The van der Waals surface area contributed by atoms with Gasteiger partial charge in [-0.2, -0.15) is 0 Å². The molecule has 0 aromatic heterocycles. The minimum atomic E-state index is -3.57. The first-order valence-electron chi connectivity index (χ1n) is 5.65. The van der Waals surface area contributed by atoms with E-state index in [1.807, 2.05) is 0 Å². The molecule has 1 aromatic rings. The Kier molecular flexibility index (Phi) is 4.09. The number of sulfonamides is 1. The molecule has 1 unspecified atom stereocenters. The quantitative estimate of drug-likeness (QED) is 0.892. The van der Waals surface area contributed by atoms with E-state index in [0.717, 1.165) is 25.5 Å². The molecule has 1 aliphatic rings. The Morgan fingerprint density at radius 1 is 1.50 bits per heavy atom. The monoisotopic (exact) mass is 292 g/mol. The molecule has 7 heteroatoms. The molecule has 0 bridgehead atoms. The van der Waals surface area contributed by atoms with Gasteiger partial charge in [-0.05, 0) is 37.6 Å². The van der Waals surface area contributed by atoms with Gasteiger partial charge in [-0.15, -0.1) is 0 Å². The summed E-state index contributed by atoms with van der Waals surface area (Å²) >= 11 is 5.70. The summed E-state index contributed by atoms with van der Waals surface area (Å²) in [5.41, 5.74) is -0.111. The van der Waals surface area contributed by atoms with Crippen LogP contribution >= 0.6 is 11.6 Å². The molecule has 1 heterocycles. The van der Waals surface area contributed by atoms with Gasteiger partial charge in [-0.25, -0.2) is 12.8 Å². The molecule has 1 fully saturated rings. The smallest absolute Gasteiger partial charge is 0.234 e. The van der Waals surface area contributed by atoms with Crippen LogP contribution in [0.5, 0.6) is 0 Å². The zero-order chi connectivity index (χ0) is 13.2. The first kappa shape index (κ1) is 13.6. The molecule has 2 rings (SSSR count). The van der Waals surface area contributed by atoms with Gasteiger partial charge in [0.15, 0.2) is 0 Å². The summed E-state index contributed by atoms with van der Waals surface area (Å²) in [6, 6.07) is 3.70. The number of anilines is 1. The third-order valence-corrected chi connectivity index (χ3v) is 4.38. The van der Waals surface area contributed by atoms with Gasteiger partial charge >= 0.3 is 0 Å². The van der Waals surface area contributed by atoms with E-state index in [2.05, 4.69) is 10.0 Å². The van der Waals surface area contributed by atoms with Crippen molar-refractivity contribution in [1.29, 1.82) is 0 Å². The van der Waals surface area contributed by atoms with Crippen LogP contribution in [0, 0.1) is 5.82 Å². The molecular weight excluding hydrogens is 279 g/mol. The van der Waals surface area contributed by atoms with Gasteiger partial charge in [0.2, 0.25) is 10.0 Å². The van der Waals surface area contributed by atoms with E-state index >= 15 is 0 Å². The van der Waals surface area contributed by atoms with Crippen molar-refractivity contribution in [2.45, 2.75) is 18.9 Å². The van der Waals surface area contributed by atoms with Crippen LogP contribution in [-0.2, 0) is 10.0 Å². The van der Waals surface area contributed by atoms with E-state index in [1.165, 1.54) is 12.1 Å². The van der Waals surface area contributed by atoms with E-state index in [9.17, 15) is 12.8 Å². The largest absolute Gasteiger partial charge is 0.313 e. The van der Waals surface area contributed by atoms with Crippen LogP contribution in [0.3, 0.4) is 0 Å². The number of nitrogens with one attached hydrogen (secondary N) is 2. The zero-order valence-electron chi connectivity index (χ0n) is 9.62. The summed E-state index contributed by atoms with van der Waals surface area (Å²) in [5.74, 6) is -0.693. The maximum absolute atomic E-state index is 13.4. The van der Waals surface area contributed by atoms with Crippen molar-refractivity contribution in [2.24, 2.45) is 0 Å². The van der Waals surface area contributed by atoms with Gasteiger partial charge in [0.05, 0.1) is 11.4 Å². The fraction of sp³-hybridized carbons (Fsp3) is 0.455. The lowest BCUT2D eigenvalue weighted by Gasteiger charge is -2.13. The van der Waals surface area contributed by atoms with Gasteiger partial charge in [-0.3, -0.25) is 4.72 Å². The third kappa shape index (κ3) is 3.57. The van der Waals surface area contributed by atoms with E-state index in [4.69, 9.17) is 11.6 Å². The highest BCUT2D eigenvalue weighted by molar-refractivity contribution is 7.92. The SMILES string of the molecule is O=S(=O)(CC1CCCN1)Nc1cc(Cl)ccc1F. The van der Waals surface area contributed by atoms with Crippen molar-refractivity contribution in [3.63, 3.8) is 0 Å². The number of hydrogen-bond donors (Lipinski definition) is 2. The molecule has 0 spiro atoms. The molecule has 100 valence electrons. The first-order chi connectivity index (χ1) is 8.46.